The fourth-order valence-corrected chi connectivity index (χ4v) is 2.71. The van der Waals surface area contributed by atoms with E-state index in [4.69, 9.17) is 5.73 Å². The van der Waals surface area contributed by atoms with Crippen molar-refractivity contribution in [3.63, 3.8) is 0 Å². The van der Waals surface area contributed by atoms with Crippen LogP contribution in [0.3, 0.4) is 0 Å². The van der Waals surface area contributed by atoms with Crippen LogP contribution < -0.4 is 11.1 Å². The first-order chi connectivity index (χ1) is 14.0. The number of nitrogens with two attached hydrogens (primary N) is 1. The van der Waals surface area contributed by atoms with Crippen LogP contribution in [0.5, 0.6) is 0 Å². The number of hydrogen-bond acceptors (Lipinski definition) is 4. The van der Waals surface area contributed by atoms with E-state index in [-0.39, 0.29) is 18.1 Å². The molecule has 29 heavy (non-hydrogen) atoms. The molecule has 0 aliphatic heterocycles. The Morgan fingerprint density at radius 2 is 1.90 bits per heavy atom. The van der Waals surface area contributed by atoms with E-state index in [2.05, 4.69) is 10.3 Å². The summed E-state index contributed by atoms with van der Waals surface area (Å²) in [6.45, 7) is 0.335. The van der Waals surface area contributed by atoms with Crippen molar-refractivity contribution in [3.8, 4) is 0 Å². The van der Waals surface area contributed by atoms with Crippen LogP contribution in [-0.2, 0) is 17.8 Å². The van der Waals surface area contributed by atoms with Crippen molar-refractivity contribution in [1.29, 1.82) is 0 Å². The number of halogens is 1. The molecule has 5 nitrogen and oxygen atoms in total. The highest BCUT2D eigenvalue weighted by molar-refractivity contribution is 5.98. The first kappa shape index (κ1) is 19.9. The first-order valence-electron chi connectivity index (χ1n) is 9.03. The molecule has 3 aromatic rings. The first-order valence-corrected chi connectivity index (χ1v) is 9.03. The third-order valence-electron chi connectivity index (χ3n) is 4.31. The van der Waals surface area contributed by atoms with Crippen LogP contribution >= 0.6 is 0 Å². The number of benzene rings is 2. The number of nitrogen functional groups attached to an aromatic ring is 1. The lowest BCUT2D eigenvalue weighted by Crippen LogP contribution is -2.20. The van der Waals surface area contributed by atoms with Gasteiger partial charge >= 0.3 is 0 Å². The van der Waals surface area contributed by atoms with Crippen LogP contribution in [0.2, 0.25) is 0 Å². The molecule has 0 unspecified atom stereocenters. The monoisotopic (exact) mass is 389 g/mol. The number of pyridine rings is 1. The predicted molar refractivity (Wildman–Crippen MR) is 110 cm³/mol. The number of aromatic nitrogens is 1. The molecule has 146 valence electrons. The Morgan fingerprint density at radius 1 is 1.10 bits per heavy atom. The highest BCUT2D eigenvalue weighted by Crippen LogP contribution is 2.16. The van der Waals surface area contributed by atoms with Crippen molar-refractivity contribution in [1.82, 2.24) is 10.3 Å². The quantitative estimate of drug-likeness (QED) is 0.368. The normalized spacial score (nSPS) is 10.8. The van der Waals surface area contributed by atoms with E-state index in [1.54, 1.807) is 48.8 Å². The molecular weight excluding hydrogens is 369 g/mol. The van der Waals surface area contributed by atoms with Gasteiger partial charge in [-0.15, -0.1) is 0 Å². The lowest BCUT2D eigenvalue weighted by Gasteiger charge is -2.07. The summed E-state index contributed by atoms with van der Waals surface area (Å²) in [5, 5.41) is 2.78. The molecule has 0 fully saturated rings. The molecule has 0 radical (unpaired) electrons. The second kappa shape index (κ2) is 9.41. The van der Waals surface area contributed by atoms with Gasteiger partial charge in [0.1, 0.15) is 5.82 Å². The predicted octanol–water partition coefficient (Wildman–Crippen LogP) is 3.56. The van der Waals surface area contributed by atoms with Crippen LogP contribution in [0.15, 0.2) is 73.1 Å². The van der Waals surface area contributed by atoms with Gasteiger partial charge < -0.3 is 11.1 Å². The minimum atomic E-state index is -0.425. The van der Waals surface area contributed by atoms with Crippen molar-refractivity contribution in [2.24, 2.45) is 0 Å². The van der Waals surface area contributed by atoms with Gasteiger partial charge in [0.15, 0.2) is 5.78 Å². The molecule has 1 heterocycles. The molecule has 0 spiro atoms. The standard InChI is InChI=1S/C23H20FN3O2/c24-20-8-9-21(25)19(12-20)13-22(28)18-6-3-17(4-7-18)15-27-23(29)10-5-16-2-1-11-26-14-16/h1-12,14H,13,15,25H2,(H,27,29)/b10-5+. The van der Waals surface area contributed by atoms with E-state index in [1.165, 1.54) is 24.3 Å². The maximum Gasteiger partial charge on any atom is 0.244 e. The van der Waals surface area contributed by atoms with E-state index in [0.717, 1.165) is 11.1 Å². The third-order valence-corrected chi connectivity index (χ3v) is 4.31. The van der Waals surface area contributed by atoms with E-state index in [1.807, 2.05) is 6.07 Å². The molecule has 3 N–H and O–H groups in total. The minimum Gasteiger partial charge on any atom is -0.398 e. The molecule has 3 rings (SSSR count). The zero-order valence-corrected chi connectivity index (χ0v) is 15.6. The minimum absolute atomic E-state index is 0.0266. The Bertz CT molecular complexity index is 1030. The number of Topliss-reactive ketones (excluding diaryl/α,β-unsaturated/α-hetero) is 1. The molecule has 0 atom stereocenters. The van der Waals surface area contributed by atoms with E-state index in [0.29, 0.717) is 23.4 Å². The number of carbonyl (C=O) groups excluding carboxylic acids is 2. The average molecular weight is 389 g/mol. The van der Waals surface area contributed by atoms with Crippen LogP contribution in [0.1, 0.15) is 27.0 Å². The molecule has 6 heteroatoms. The number of nitrogens with zero attached hydrogens (tertiary/aromatic N) is 1. The Labute approximate surface area is 168 Å². The highest BCUT2D eigenvalue weighted by Gasteiger charge is 2.10. The number of anilines is 1. The van der Waals surface area contributed by atoms with Crippen molar-refractivity contribution < 1.29 is 14.0 Å². The fourth-order valence-electron chi connectivity index (χ4n) is 2.71. The Hall–Kier alpha value is -3.80. The highest BCUT2D eigenvalue weighted by atomic mass is 19.1. The van der Waals surface area contributed by atoms with Gasteiger partial charge in [-0.1, -0.05) is 30.3 Å². The molecule has 0 saturated heterocycles. The molecule has 0 bridgehead atoms. The molecule has 2 aromatic carbocycles. The second-order valence-corrected chi connectivity index (χ2v) is 6.48. The fraction of sp³-hybridized carbons (Fsp3) is 0.0870. The summed E-state index contributed by atoms with van der Waals surface area (Å²) in [6.07, 6.45) is 6.48. The van der Waals surface area contributed by atoms with Crippen LogP contribution in [0.4, 0.5) is 10.1 Å². The van der Waals surface area contributed by atoms with Gasteiger partial charge in [-0.25, -0.2) is 4.39 Å². The third kappa shape index (κ3) is 5.84. The summed E-state index contributed by atoms with van der Waals surface area (Å²) < 4.78 is 13.3. The van der Waals surface area contributed by atoms with Crippen molar-refractivity contribution in [2.75, 3.05) is 5.73 Å². The lowest BCUT2D eigenvalue weighted by atomic mass is 10.0. The number of hydrogen-bond donors (Lipinski definition) is 2. The van der Waals surface area contributed by atoms with Crippen molar-refractivity contribution >= 4 is 23.5 Å². The summed E-state index contributed by atoms with van der Waals surface area (Å²) >= 11 is 0. The van der Waals surface area contributed by atoms with Gasteiger partial charge in [0.05, 0.1) is 0 Å². The smallest absolute Gasteiger partial charge is 0.244 e. The van der Waals surface area contributed by atoms with Gasteiger partial charge in [-0.05, 0) is 47.0 Å². The molecule has 1 amide bonds. The molecule has 0 aliphatic rings. The maximum atomic E-state index is 13.3. The second-order valence-electron chi connectivity index (χ2n) is 6.48. The van der Waals surface area contributed by atoms with E-state index < -0.39 is 5.82 Å². The number of amides is 1. The zero-order chi connectivity index (χ0) is 20.6. The number of nitrogens with one attached hydrogen (secondary N) is 1. The summed E-state index contributed by atoms with van der Waals surface area (Å²) in [7, 11) is 0. The number of carbonyl (C=O) groups is 2. The van der Waals surface area contributed by atoms with E-state index in [9.17, 15) is 14.0 Å². The topological polar surface area (TPSA) is 85.1 Å². The van der Waals surface area contributed by atoms with Gasteiger partial charge in [0.25, 0.3) is 0 Å². The zero-order valence-electron chi connectivity index (χ0n) is 15.6. The summed E-state index contributed by atoms with van der Waals surface area (Å²) in [6, 6.07) is 14.5. The molecule has 0 saturated carbocycles. The molecule has 0 aliphatic carbocycles. The van der Waals surface area contributed by atoms with Crippen LogP contribution in [0.25, 0.3) is 6.08 Å². The van der Waals surface area contributed by atoms with Gasteiger partial charge in [-0.2, -0.15) is 0 Å². The largest absolute Gasteiger partial charge is 0.398 e. The van der Waals surface area contributed by atoms with Gasteiger partial charge in [0, 0.05) is 42.7 Å². The SMILES string of the molecule is Nc1ccc(F)cc1CC(=O)c1ccc(CNC(=O)/C=C/c2cccnc2)cc1. The van der Waals surface area contributed by atoms with Crippen molar-refractivity contribution in [3.05, 3.63) is 101 Å². The Morgan fingerprint density at radius 3 is 2.62 bits per heavy atom. The summed E-state index contributed by atoms with van der Waals surface area (Å²) in [4.78, 5) is 28.3. The van der Waals surface area contributed by atoms with Gasteiger partial charge in [0.2, 0.25) is 5.91 Å². The number of rotatable bonds is 7. The van der Waals surface area contributed by atoms with Gasteiger partial charge in [-0.3, -0.25) is 14.6 Å². The summed E-state index contributed by atoms with van der Waals surface area (Å²) in [5.74, 6) is -0.807. The molecule has 1 aromatic heterocycles. The molecular formula is C23H20FN3O2. The maximum absolute atomic E-state index is 13.3. The van der Waals surface area contributed by atoms with Crippen LogP contribution in [-0.4, -0.2) is 16.7 Å². The number of ketones is 1. The Balaban J connectivity index is 1.54. The van der Waals surface area contributed by atoms with Crippen molar-refractivity contribution in [2.45, 2.75) is 13.0 Å². The average Bonchev–Trinajstić information content (AvgIpc) is 2.74. The Kier molecular flexibility index (Phi) is 6.47. The lowest BCUT2D eigenvalue weighted by molar-refractivity contribution is -0.116. The van der Waals surface area contributed by atoms with E-state index >= 15 is 0 Å². The van der Waals surface area contributed by atoms with Crippen LogP contribution in [0, 0.1) is 5.82 Å². The summed E-state index contributed by atoms with van der Waals surface area (Å²) in [5.41, 5.74) is 8.85.